The lowest BCUT2D eigenvalue weighted by molar-refractivity contribution is 0.663. The molecule has 0 bridgehead atoms. The summed E-state index contributed by atoms with van der Waals surface area (Å²) in [6.07, 6.45) is 1.17. The van der Waals surface area contributed by atoms with E-state index in [1.165, 1.54) is 12.0 Å². The van der Waals surface area contributed by atoms with E-state index in [1.807, 2.05) is 0 Å². The van der Waals surface area contributed by atoms with Gasteiger partial charge >= 0.3 is 0 Å². The van der Waals surface area contributed by atoms with Gasteiger partial charge in [-0.05, 0) is 17.9 Å². The molecule has 1 atom stereocenters. The predicted molar refractivity (Wildman–Crippen MR) is 53.1 cm³/mol. The minimum atomic E-state index is 0.734. The Labute approximate surface area is 76.8 Å². The second-order valence-electron chi connectivity index (χ2n) is 2.95. The average molecular weight is 213 g/mol. The molecule has 0 aliphatic heterocycles. The van der Waals surface area contributed by atoms with Gasteiger partial charge in [-0.15, -0.1) is 0 Å². The van der Waals surface area contributed by atoms with Crippen LogP contribution in [0.2, 0.25) is 0 Å². The van der Waals surface area contributed by atoms with Crippen molar-refractivity contribution in [1.29, 1.82) is 0 Å². The summed E-state index contributed by atoms with van der Waals surface area (Å²) in [5.41, 5.74) is 1.43. The van der Waals surface area contributed by atoms with E-state index in [2.05, 4.69) is 53.2 Å². The summed E-state index contributed by atoms with van der Waals surface area (Å²) >= 11 is 3.47. The molecule has 11 heavy (non-hydrogen) atoms. The van der Waals surface area contributed by atoms with Crippen LogP contribution in [0, 0.1) is 5.92 Å². The van der Waals surface area contributed by atoms with Crippen LogP contribution < -0.4 is 0 Å². The molecule has 0 aliphatic rings. The van der Waals surface area contributed by atoms with Gasteiger partial charge in [0.25, 0.3) is 0 Å². The fourth-order valence-corrected chi connectivity index (χ4v) is 1.30. The van der Waals surface area contributed by atoms with Crippen molar-refractivity contribution in [3.05, 3.63) is 35.9 Å². The Morgan fingerprint density at radius 2 is 1.91 bits per heavy atom. The average Bonchev–Trinajstić information content (AvgIpc) is 2.06. The summed E-state index contributed by atoms with van der Waals surface area (Å²) in [6, 6.07) is 10.6. The van der Waals surface area contributed by atoms with E-state index in [0.717, 1.165) is 11.2 Å². The largest absolute Gasteiger partial charge is 0.0925 e. The number of benzene rings is 1. The van der Waals surface area contributed by atoms with Crippen molar-refractivity contribution in [2.24, 2.45) is 5.92 Å². The monoisotopic (exact) mass is 212 g/mol. The third-order valence-corrected chi connectivity index (χ3v) is 2.80. The van der Waals surface area contributed by atoms with Crippen LogP contribution in [0.15, 0.2) is 30.3 Å². The molecule has 0 N–H and O–H groups in total. The fraction of sp³-hybridized carbons (Fsp3) is 0.400. The second-order valence-corrected chi connectivity index (χ2v) is 3.60. The SMILES string of the molecule is C[C@@H](CBr)Cc1ccccc1. The van der Waals surface area contributed by atoms with Crippen molar-refractivity contribution >= 4 is 15.9 Å². The van der Waals surface area contributed by atoms with E-state index in [9.17, 15) is 0 Å². The van der Waals surface area contributed by atoms with Gasteiger partial charge in [-0.3, -0.25) is 0 Å². The molecule has 0 radical (unpaired) electrons. The van der Waals surface area contributed by atoms with Crippen LogP contribution in [0.1, 0.15) is 12.5 Å². The highest BCUT2D eigenvalue weighted by Crippen LogP contribution is 2.09. The molecule has 0 amide bonds. The molecule has 0 aromatic heterocycles. The molecule has 0 fully saturated rings. The number of alkyl halides is 1. The first-order valence-electron chi connectivity index (χ1n) is 3.93. The lowest BCUT2D eigenvalue weighted by Crippen LogP contribution is -1.99. The van der Waals surface area contributed by atoms with Crippen LogP contribution >= 0.6 is 15.9 Å². The van der Waals surface area contributed by atoms with Crippen LogP contribution in [0.5, 0.6) is 0 Å². The van der Waals surface area contributed by atoms with Crippen molar-refractivity contribution in [1.82, 2.24) is 0 Å². The number of hydrogen-bond acceptors (Lipinski definition) is 0. The summed E-state index contributed by atoms with van der Waals surface area (Å²) in [7, 11) is 0. The quantitative estimate of drug-likeness (QED) is 0.676. The first-order valence-corrected chi connectivity index (χ1v) is 5.05. The lowest BCUT2D eigenvalue weighted by atomic mass is 10.0. The topological polar surface area (TPSA) is 0 Å². The molecule has 1 rings (SSSR count). The summed E-state index contributed by atoms with van der Waals surface area (Å²) in [5, 5.41) is 1.09. The smallest absolute Gasteiger partial charge is 0.00602 e. The van der Waals surface area contributed by atoms with Gasteiger partial charge < -0.3 is 0 Å². The number of rotatable bonds is 3. The Morgan fingerprint density at radius 1 is 1.27 bits per heavy atom. The van der Waals surface area contributed by atoms with Crippen molar-refractivity contribution in [3.8, 4) is 0 Å². The molecule has 1 heteroatoms. The van der Waals surface area contributed by atoms with Gasteiger partial charge in [0.15, 0.2) is 0 Å². The minimum Gasteiger partial charge on any atom is -0.0925 e. The number of hydrogen-bond donors (Lipinski definition) is 0. The first-order chi connectivity index (χ1) is 5.33. The number of halogens is 1. The second kappa shape index (κ2) is 4.55. The van der Waals surface area contributed by atoms with Crippen LogP contribution in [0.4, 0.5) is 0 Å². The summed E-state index contributed by atoms with van der Waals surface area (Å²) < 4.78 is 0. The third-order valence-electron chi connectivity index (χ3n) is 1.69. The van der Waals surface area contributed by atoms with E-state index in [1.54, 1.807) is 0 Å². The summed E-state index contributed by atoms with van der Waals surface area (Å²) in [4.78, 5) is 0. The maximum absolute atomic E-state index is 3.47. The van der Waals surface area contributed by atoms with Gasteiger partial charge in [0, 0.05) is 5.33 Å². The van der Waals surface area contributed by atoms with Gasteiger partial charge in [-0.25, -0.2) is 0 Å². The molecule has 0 saturated carbocycles. The molecule has 0 nitrogen and oxygen atoms in total. The van der Waals surface area contributed by atoms with Crippen molar-refractivity contribution in [2.45, 2.75) is 13.3 Å². The van der Waals surface area contributed by atoms with E-state index >= 15 is 0 Å². The Balaban J connectivity index is 2.51. The zero-order valence-electron chi connectivity index (χ0n) is 6.76. The first kappa shape index (κ1) is 8.79. The van der Waals surface area contributed by atoms with E-state index in [0.29, 0.717) is 0 Å². The fourth-order valence-electron chi connectivity index (χ4n) is 1.07. The molecule has 0 unspecified atom stereocenters. The Bertz CT molecular complexity index is 193. The van der Waals surface area contributed by atoms with Gasteiger partial charge in [-0.2, -0.15) is 0 Å². The standard InChI is InChI=1S/C10H13Br/c1-9(8-11)7-10-5-3-2-4-6-10/h2-6,9H,7-8H2,1H3/t9-/m1/s1. The molecule has 0 heterocycles. The lowest BCUT2D eigenvalue weighted by Gasteiger charge is -2.06. The highest BCUT2D eigenvalue weighted by Gasteiger charge is 1.99. The van der Waals surface area contributed by atoms with Gasteiger partial charge in [-0.1, -0.05) is 53.2 Å². The highest BCUT2D eigenvalue weighted by atomic mass is 79.9. The Kier molecular flexibility index (Phi) is 3.64. The minimum absolute atomic E-state index is 0.734. The van der Waals surface area contributed by atoms with Gasteiger partial charge in [0.2, 0.25) is 0 Å². The maximum Gasteiger partial charge on any atom is 0.00602 e. The predicted octanol–water partition coefficient (Wildman–Crippen LogP) is 3.26. The van der Waals surface area contributed by atoms with Crippen molar-refractivity contribution in [2.75, 3.05) is 5.33 Å². The molecule has 0 spiro atoms. The Morgan fingerprint density at radius 3 is 2.45 bits per heavy atom. The highest BCUT2D eigenvalue weighted by molar-refractivity contribution is 9.09. The molecule has 0 saturated heterocycles. The van der Waals surface area contributed by atoms with Gasteiger partial charge in [0.05, 0.1) is 0 Å². The maximum atomic E-state index is 3.47. The zero-order valence-corrected chi connectivity index (χ0v) is 8.34. The third kappa shape index (κ3) is 3.06. The molecule has 0 aliphatic carbocycles. The molecule has 60 valence electrons. The van der Waals surface area contributed by atoms with E-state index in [-0.39, 0.29) is 0 Å². The normalized spacial score (nSPS) is 12.9. The van der Waals surface area contributed by atoms with Crippen molar-refractivity contribution < 1.29 is 0 Å². The summed E-state index contributed by atoms with van der Waals surface area (Å²) in [5.74, 6) is 0.734. The van der Waals surface area contributed by atoms with E-state index < -0.39 is 0 Å². The summed E-state index contributed by atoms with van der Waals surface area (Å²) in [6.45, 7) is 2.25. The molecular formula is C10H13Br. The van der Waals surface area contributed by atoms with Crippen LogP contribution in [-0.2, 0) is 6.42 Å². The van der Waals surface area contributed by atoms with Gasteiger partial charge in [0.1, 0.15) is 0 Å². The molecule has 1 aromatic carbocycles. The van der Waals surface area contributed by atoms with E-state index in [4.69, 9.17) is 0 Å². The van der Waals surface area contributed by atoms with Crippen molar-refractivity contribution in [3.63, 3.8) is 0 Å². The molecular weight excluding hydrogens is 200 g/mol. The molecule has 1 aromatic rings. The van der Waals surface area contributed by atoms with Crippen LogP contribution in [0.3, 0.4) is 0 Å². The van der Waals surface area contributed by atoms with Crippen LogP contribution in [-0.4, -0.2) is 5.33 Å². The Hall–Kier alpha value is -0.300. The zero-order chi connectivity index (χ0) is 8.10. The van der Waals surface area contributed by atoms with Crippen LogP contribution in [0.25, 0.3) is 0 Å².